The Labute approximate surface area is 164 Å². The molecule has 2 aromatic carbocycles. The quantitative estimate of drug-likeness (QED) is 0.657. The maximum atomic E-state index is 12.8. The molecule has 0 aliphatic carbocycles. The fourth-order valence-corrected chi connectivity index (χ4v) is 4.73. The van der Waals surface area contributed by atoms with Crippen molar-refractivity contribution < 1.29 is 13.2 Å². The van der Waals surface area contributed by atoms with Gasteiger partial charge in [-0.15, -0.1) is 0 Å². The third-order valence-corrected chi connectivity index (χ3v) is 6.98. The molecule has 1 aliphatic heterocycles. The molecule has 0 radical (unpaired) electrons. The molecule has 1 aliphatic rings. The minimum atomic E-state index is -3.56. The van der Waals surface area contributed by atoms with E-state index in [0.29, 0.717) is 29.7 Å². The van der Waals surface area contributed by atoms with Crippen LogP contribution in [0.15, 0.2) is 51.8 Å². The Morgan fingerprint density at radius 1 is 0.963 bits per heavy atom. The predicted octanol–water partition coefficient (Wildman–Crippen LogP) is 1.87. The molecule has 0 bridgehead atoms. The largest absolute Gasteiger partial charge is 0.336 e. The molecule has 3 aromatic rings. The number of halogens is 1. The van der Waals surface area contributed by atoms with Crippen LogP contribution in [-0.4, -0.2) is 65.1 Å². The van der Waals surface area contributed by atoms with E-state index >= 15 is 0 Å². The maximum absolute atomic E-state index is 12.8. The van der Waals surface area contributed by atoms with Crippen LogP contribution in [0.25, 0.3) is 11.0 Å². The fourth-order valence-electron chi connectivity index (χ4n) is 3.04. The highest BCUT2D eigenvalue weighted by Gasteiger charge is 2.30. The number of carbonyl (C=O) groups is 1. The molecule has 0 atom stereocenters. The highest BCUT2D eigenvalue weighted by Crippen LogP contribution is 2.21. The molecular formula is C17H16BrN5O3S. The molecule has 10 heteroatoms. The van der Waals surface area contributed by atoms with Crippen LogP contribution in [0.5, 0.6) is 0 Å². The summed E-state index contributed by atoms with van der Waals surface area (Å²) in [5.74, 6) is -0.138. The van der Waals surface area contributed by atoms with Crippen molar-refractivity contribution in [1.29, 1.82) is 0 Å². The van der Waals surface area contributed by atoms with Crippen LogP contribution in [0.3, 0.4) is 0 Å². The molecule has 2 heterocycles. The summed E-state index contributed by atoms with van der Waals surface area (Å²) < 4.78 is 27.7. The summed E-state index contributed by atoms with van der Waals surface area (Å²) in [5, 5.41) is 10.5. The first-order chi connectivity index (χ1) is 12.9. The lowest BCUT2D eigenvalue weighted by Gasteiger charge is -2.34. The number of sulfonamides is 1. The first kappa shape index (κ1) is 18.1. The molecule has 27 heavy (non-hydrogen) atoms. The topological polar surface area (TPSA) is 99.3 Å². The zero-order valence-electron chi connectivity index (χ0n) is 14.2. The molecule has 0 unspecified atom stereocenters. The number of fused-ring (bicyclic) bond motifs is 1. The molecule has 8 nitrogen and oxygen atoms in total. The summed E-state index contributed by atoms with van der Waals surface area (Å²) in [7, 11) is -3.56. The zero-order valence-corrected chi connectivity index (χ0v) is 16.6. The molecular weight excluding hydrogens is 434 g/mol. The molecule has 1 aromatic heterocycles. The van der Waals surface area contributed by atoms with Gasteiger partial charge in [0.15, 0.2) is 0 Å². The van der Waals surface area contributed by atoms with Gasteiger partial charge in [0.05, 0.1) is 4.90 Å². The monoisotopic (exact) mass is 449 g/mol. The minimum Gasteiger partial charge on any atom is -0.336 e. The van der Waals surface area contributed by atoms with Crippen molar-refractivity contribution in [2.45, 2.75) is 4.90 Å². The molecule has 1 amide bonds. The normalized spacial score (nSPS) is 16.0. The first-order valence-corrected chi connectivity index (χ1v) is 10.5. The molecule has 0 saturated carbocycles. The van der Waals surface area contributed by atoms with Crippen LogP contribution in [0, 0.1) is 0 Å². The molecule has 140 valence electrons. The third kappa shape index (κ3) is 3.47. The number of nitrogens with zero attached hydrogens (tertiary/aromatic N) is 4. The van der Waals surface area contributed by atoms with E-state index in [1.807, 2.05) is 0 Å². The first-order valence-electron chi connectivity index (χ1n) is 8.31. The molecule has 1 N–H and O–H groups in total. The van der Waals surface area contributed by atoms with Crippen molar-refractivity contribution >= 4 is 42.9 Å². The standard InChI is InChI=1S/C17H16BrN5O3S/c18-13-2-4-14(5-3-13)27(25,26)23-9-7-22(8-10-23)17(24)12-1-6-15-16(11-12)20-21-19-15/h1-6,11H,7-10H2,(H,19,20,21). The van der Waals surface area contributed by atoms with Crippen molar-refractivity contribution in [3.8, 4) is 0 Å². The number of aromatic nitrogens is 3. The van der Waals surface area contributed by atoms with Crippen molar-refractivity contribution in [3.05, 3.63) is 52.5 Å². The average molecular weight is 450 g/mol. The number of nitrogens with one attached hydrogen (secondary N) is 1. The minimum absolute atomic E-state index is 0.138. The Morgan fingerprint density at radius 3 is 2.33 bits per heavy atom. The fraction of sp³-hybridized carbons (Fsp3) is 0.235. The summed E-state index contributed by atoms with van der Waals surface area (Å²) >= 11 is 3.30. The zero-order chi connectivity index (χ0) is 19.0. The van der Waals surface area contributed by atoms with Crippen LogP contribution >= 0.6 is 15.9 Å². The van der Waals surface area contributed by atoms with Gasteiger partial charge >= 0.3 is 0 Å². The summed E-state index contributed by atoms with van der Waals surface area (Å²) in [6, 6.07) is 11.7. The molecule has 0 spiro atoms. The Balaban J connectivity index is 1.46. The van der Waals surface area contributed by atoms with Gasteiger partial charge in [-0.3, -0.25) is 4.79 Å². The number of piperazine rings is 1. The SMILES string of the molecule is O=C(c1ccc2n[nH]nc2c1)N1CCN(S(=O)(=O)c2ccc(Br)cc2)CC1. The van der Waals surface area contributed by atoms with E-state index in [2.05, 4.69) is 31.3 Å². The third-order valence-electron chi connectivity index (χ3n) is 4.54. The second-order valence-electron chi connectivity index (χ2n) is 6.18. The van der Waals surface area contributed by atoms with Crippen LogP contribution in [-0.2, 0) is 10.0 Å². The summed E-state index contributed by atoms with van der Waals surface area (Å²) in [6.45, 7) is 1.20. The van der Waals surface area contributed by atoms with Gasteiger partial charge in [0.25, 0.3) is 5.91 Å². The van der Waals surface area contributed by atoms with Gasteiger partial charge in [0, 0.05) is 36.2 Å². The van der Waals surface area contributed by atoms with Gasteiger partial charge in [-0.25, -0.2) is 8.42 Å². The van der Waals surface area contributed by atoms with Gasteiger partial charge < -0.3 is 4.90 Å². The average Bonchev–Trinajstić information content (AvgIpc) is 3.15. The van der Waals surface area contributed by atoms with E-state index in [1.165, 1.54) is 4.31 Å². The number of hydrogen-bond donors (Lipinski definition) is 1. The highest BCUT2D eigenvalue weighted by atomic mass is 79.9. The van der Waals surface area contributed by atoms with Crippen LogP contribution < -0.4 is 0 Å². The van der Waals surface area contributed by atoms with E-state index in [4.69, 9.17) is 0 Å². The smallest absolute Gasteiger partial charge is 0.254 e. The lowest BCUT2D eigenvalue weighted by Crippen LogP contribution is -2.50. The van der Waals surface area contributed by atoms with Crippen LogP contribution in [0.1, 0.15) is 10.4 Å². The Bertz CT molecular complexity index is 1090. The maximum Gasteiger partial charge on any atom is 0.254 e. The second kappa shape index (κ2) is 7.02. The second-order valence-corrected chi connectivity index (χ2v) is 9.03. The van der Waals surface area contributed by atoms with Gasteiger partial charge in [0.1, 0.15) is 11.0 Å². The van der Waals surface area contributed by atoms with E-state index in [9.17, 15) is 13.2 Å². The summed E-state index contributed by atoms with van der Waals surface area (Å²) in [5.41, 5.74) is 1.83. The van der Waals surface area contributed by atoms with E-state index in [-0.39, 0.29) is 23.9 Å². The number of aromatic amines is 1. The van der Waals surface area contributed by atoms with Crippen molar-refractivity contribution in [1.82, 2.24) is 24.6 Å². The Morgan fingerprint density at radius 2 is 1.63 bits per heavy atom. The lowest BCUT2D eigenvalue weighted by molar-refractivity contribution is 0.0698. The Hall–Kier alpha value is -2.30. The summed E-state index contributed by atoms with van der Waals surface area (Å²) in [4.78, 5) is 14.6. The Kier molecular flexibility index (Phi) is 4.70. The number of amides is 1. The number of benzene rings is 2. The van der Waals surface area contributed by atoms with Gasteiger partial charge in [0.2, 0.25) is 10.0 Å². The molecule has 1 saturated heterocycles. The van der Waals surface area contributed by atoms with E-state index < -0.39 is 10.0 Å². The van der Waals surface area contributed by atoms with Crippen molar-refractivity contribution in [2.24, 2.45) is 0 Å². The lowest BCUT2D eigenvalue weighted by atomic mass is 10.1. The number of hydrogen-bond acceptors (Lipinski definition) is 5. The van der Waals surface area contributed by atoms with Crippen LogP contribution in [0.2, 0.25) is 0 Å². The van der Waals surface area contributed by atoms with Crippen molar-refractivity contribution in [3.63, 3.8) is 0 Å². The van der Waals surface area contributed by atoms with Gasteiger partial charge in [-0.1, -0.05) is 15.9 Å². The number of rotatable bonds is 3. The van der Waals surface area contributed by atoms with E-state index in [1.54, 1.807) is 47.4 Å². The van der Waals surface area contributed by atoms with E-state index in [0.717, 1.165) is 4.47 Å². The highest BCUT2D eigenvalue weighted by molar-refractivity contribution is 9.10. The predicted molar refractivity (Wildman–Crippen MR) is 103 cm³/mol. The van der Waals surface area contributed by atoms with Crippen LogP contribution in [0.4, 0.5) is 0 Å². The molecule has 1 fully saturated rings. The van der Waals surface area contributed by atoms with Gasteiger partial charge in [-0.2, -0.15) is 19.7 Å². The summed E-state index contributed by atoms with van der Waals surface area (Å²) in [6.07, 6.45) is 0. The molecule has 4 rings (SSSR count). The number of carbonyl (C=O) groups excluding carboxylic acids is 1. The number of H-pyrrole nitrogens is 1. The van der Waals surface area contributed by atoms with Gasteiger partial charge in [-0.05, 0) is 42.5 Å². The van der Waals surface area contributed by atoms with Crippen molar-refractivity contribution in [2.75, 3.05) is 26.2 Å².